The molecule has 0 saturated carbocycles. The topological polar surface area (TPSA) is 66.4 Å². The molecule has 0 aliphatic carbocycles. The summed E-state index contributed by atoms with van der Waals surface area (Å²) in [4.78, 5) is 22.8. The average Bonchev–Trinajstić information content (AvgIpc) is 2.44. The second kappa shape index (κ2) is 7.68. The Morgan fingerprint density at radius 1 is 1.15 bits per heavy atom. The number of hydrogen-bond donors (Lipinski definition) is 2. The van der Waals surface area contributed by atoms with Gasteiger partial charge in [0.05, 0.1) is 5.92 Å². The Hall–Kier alpha value is -1.84. The van der Waals surface area contributed by atoms with E-state index >= 15 is 0 Å². The predicted molar refractivity (Wildman–Crippen MR) is 79.6 cm³/mol. The Morgan fingerprint density at radius 3 is 2.25 bits per heavy atom. The molecule has 0 radical (unpaired) electrons. The summed E-state index contributed by atoms with van der Waals surface area (Å²) >= 11 is 0. The fourth-order valence-corrected chi connectivity index (χ4v) is 1.83. The second-order valence-electron chi connectivity index (χ2n) is 5.21. The zero-order valence-corrected chi connectivity index (χ0v) is 12.3. The standard InChI is InChI=1S/C16H23NO3/c1-4-5-6-13-7-9-14(10-8-13)17-15(18)11(2)12(3)16(19)20/h7-12H,4-6H2,1-3H3,(H,17,18)(H,19,20). The number of anilines is 1. The lowest BCUT2D eigenvalue weighted by atomic mass is 9.95. The third-order valence-electron chi connectivity index (χ3n) is 3.59. The van der Waals surface area contributed by atoms with Crippen LogP contribution in [0.4, 0.5) is 5.69 Å². The van der Waals surface area contributed by atoms with Gasteiger partial charge < -0.3 is 10.4 Å². The molecule has 4 nitrogen and oxygen atoms in total. The first-order chi connectivity index (χ1) is 9.45. The molecule has 0 spiro atoms. The maximum Gasteiger partial charge on any atom is 0.307 e. The van der Waals surface area contributed by atoms with Crippen LogP contribution in [-0.2, 0) is 16.0 Å². The SMILES string of the molecule is CCCCc1ccc(NC(=O)C(C)C(C)C(=O)O)cc1. The minimum atomic E-state index is -0.956. The van der Waals surface area contributed by atoms with Gasteiger partial charge in [-0.05, 0) is 30.5 Å². The highest BCUT2D eigenvalue weighted by atomic mass is 16.4. The largest absolute Gasteiger partial charge is 0.481 e. The zero-order valence-electron chi connectivity index (χ0n) is 12.3. The fourth-order valence-electron chi connectivity index (χ4n) is 1.83. The fraction of sp³-hybridized carbons (Fsp3) is 0.500. The molecule has 1 amide bonds. The van der Waals surface area contributed by atoms with Crippen molar-refractivity contribution in [3.05, 3.63) is 29.8 Å². The van der Waals surface area contributed by atoms with Gasteiger partial charge in [0.1, 0.15) is 0 Å². The minimum absolute atomic E-state index is 0.263. The third kappa shape index (κ3) is 4.68. The normalized spacial score (nSPS) is 13.6. The number of carboxylic acid groups (broad SMARTS) is 1. The molecule has 2 unspecified atom stereocenters. The number of aryl methyl sites for hydroxylation is 1. The summed E-state index contributed by atoms with van der Waals surface area (Å²) in [6, 6.07) is 7.72. The number of unbranched alkanes of at least 4 members (excludes halogenated alkanes) is 1. The molecule has 110 valence electrons. The maximum atomic E-state index is 11.9. The van der Waals surface area contributed by atoms with Crippen molar-refractivity contribution in [1.29, 1.82) is 0 Å². The van der Waals surface area contributed by atoms with E-state index in [0.717, 1.165) is 19.3 Å². The van der Waals surface area contributed by atoms with Crippen LogP contribution in [0.25, 0.3) is 0 Å². The lowest BCUT2D eigenvalue weighted by molar-refractivity contribution is -0.145. The number of carbonyl (C=O) groups excluding carboxylic acids is 1. The van der Waals surface area contributed by atoms with Crippen molar-refractivity contribution in [2.75, 3.05) is 5.32 Å². The van der Waals surface area contributed by atoms with Crippen molar-refractivity contribution < 1.29 is 14.7 Å². The van der Waals surface area contributed by atoms with E-state index in [9.17, 15) is 9.59 Å². The highest BCUT2D eigenvalue weighted by molar-refractivity contribution is 5.94. The van der Waals surface area contributed by atoms with E-state index in [-0.39, 0.29) is 5.91 Å². The van der Waals surface area contributed by atoms with Crippen molar-refractivity contribution in [3.8, 4) is 0 Å². The van der Waals surface area contributed by atoms with Crippen molar-refractivity contribution >= 4 is 17.6 Å². The van der Waals surface area contributed by atoms with Gasteiger partial charge in [-0.2, -0.15) is 0 Å². The van der Waals surface area contributed by atoms with Crippen LogP contribution in [0.3, 0.4) is 0 Å². The summed E-state index contributed by atoms with van der Waals surface area (Å²) < 4.78 is 0. The molecule has 1 aromatic carbocycles. The second-order valence-corrected chi connectivity index (χ2v) is 5.21. The molecule has 0 aromatic heterocycles. The van der Waals surface area contributed by atoms with E-state index < -0.39 is 17.8 Å². The molecular formula is C16H23NO3. The number of carboxylic acids is 1. The molecule has 20 heavy (non-hydrogen) atoms. The van der Waals surface area contributed by atoms with Crippen LogP contribution in [0.15, 0.2) is 24.3 Å². The highest BCUT2D eigenvalue weighted by Gasteiger charge is 2.25. The van der Waals surface area contributed by atoms with Crippen LogP contribution >= 0.6 is 0 Å². The molecule has 0 bridgehead atoms. The van der Waals surface area contributed by atoms with Crippen LogP contribution in [0.1, 0.15) is 39.2 Å². The van der Waals surface area contributed by atoms with Crippen LogP contribution in [0.5, 0.6) is 0 Å². The molecule has 0 aliphatic heterocycles. The monoisotopic (exact) mass is 277 g/mol. The number of benzene rings is 1. The molecule has 2 N–H and O–H groups in total. The Balaban J connectivity index is 2.60. The van der Waals surface area contributed by atoms with Gasteiger partial charge in [-0.15, -0.1) is 0 Å². The smallest absolute Gasteiger partial charge is 0.307 e. The quantitative estimate of drug-likeness (QED) is 0.803. The Morgan fingerprint density at radius 2 is 1.75 bits per heavy atom. The lowest BCUT2D eigenvalue weighted by Gasteiger charge is -2.15. The lowest BCUT2D eigenvalue weighted by Crippen LogP contribution is -2.29. The molecular weight excluding hydrogens is 254 g/mol. The minimum Gasteiger partial charge on any atom is -0.481 e. The first kappa shape index (κ1) is 16.2. The Labute approximate surface area is 120 Å². The third-order valence-corrected chi connectivity index (χ3v) is 3.59. The summed E-state index contributed by atoms with van der Waals surface area (Å²) in [7, 11) is 0. The first-order valence-electron chi connectivity index (χ1n) is 7.08. The maximum absolute atomic E-state index is 11.9. The van der Waals surface area contributed by atoms with E-state index in [2.05, 4.69) is 12.2 Å². The highest BCUT2D eigenvalue weighted by Crippen LogP contribution is 2.16. The van der Waals surface area contributed by atoms with Crippen molar-refractivity contribution in [2.24, 2.45) is 11.8 Å². The molecule has 4 heteroatoms. The average molecular weight is 277 g/mol. The number of hydrogen-bond acceptors (Lipinski definition) is 2. The first-order valence-corrected chi connectivity index (χ1v) is 7.08. The molecule has 0 fully saturated rings. The van der Waals surface area contributed by atoms with Crippen molar-refractivity contribution in [2.45, 2.75) is 40.0 Å². The van der Waals surface area contributed by atoms with Gasteiger partial charge in [0.15, 0.2) is 0 Å². The summed E-state index contributed by atoms with van der Waals surface area (Å²) in [5.74, 6) is -2.48. The van der Waals surface area contributed by atoms with E-state index in [0.29, 0.717) is 5.69 Å². The molecule has 1 rings (SSSR count). The summed E-state index contributed by atoms with van der Waals surface area (Å²) in [6.45, 7) is 5.32. The van der Waals surface area contributed by atoms with Crippen LogP contribution < -0.4 is 5.32 Å². The van der Waals surface area contributed by atoms with E-state index in [1.54, 1.807) is 13.8 Å². The molecule has 0 heterocycles. The van der Waals surface area contributed by atoms with Gasteiger partial charge in [0.25, 0.3) is 0 Å². The number of nitrogens with one attached hydrogen (secondary N) is 1. The predicted octanol–water partition coefficient (Wildman–Crippen LogP) is 3.32. The van der Waals surface area contributed by atoms with Gasteiger partial charge >= 0.3 is 5.97 Å². The van der Waals surface area contributed by atoms with Crippen molar-refractivity contribution in [3.63, 3.8) is 0 Å². The van der Waals surface area contributed by atoms with Gasteiger partial charge in [-0.25, -0.2) is 0 Å². The van der Waals surface area contributed by atoms with Gasteiger partial charge in [-0.1, -0.05) is 39.3 Å². The molecule has 0 aliphatic rings. The zero-order chi connectivity index (χ0) is 15.1. The number of carbonyl (C=O) groups is 2. The van der Waals surface area contributed by atoms with Crippen LogP contribution in [0.2, 0.25) is 0 Å². The van der Waals surface area contributed by atoms with E-state index in [1.165, 1.54) is 5.56 Å². The summed E-state index contributed by atoms with van der Waals surface area (Å²) in [5.41, 5.74) is 1.96. The summed E-state index contributed by atoms with van der Waals surface area (Å²) in [5, 5.41) is 11.7. The number of rotatable bonds is 7. The van der Waals surface area contributed by atoms with Gasteiger partial charge in [-0.3, -0.25) is 9.59 Å². The molecule has 0 saturated heterocycles. The van der Waals surface area contributed by atoms with Crippen LogP contribution in [-0.4, -0.2) is 17.0 Å². The van der Waals surface area contributed by atoms with Crippen molar-refractivity contribution in [1.82, 2.24) is 0 Å². The molecule has 2 atom stereocenters. The van der Waals surface area contributed by atoms with Crippen LogP contribution in [0, 0.1) is 11.8 Å². The molecule has 1 aromatic rings. The summed E-state index contributed by atoms with van der Waals surface area (Å²) in [6.07, 6.45) is 3.35. The number of aliphatic carboxylic acids is 1. The van der Waals surface area contributed by atoms with E-state index in [4.69, 9.17) is 5.11 Å². The number of amides is 1. The van der Waals surface area contributed by atoms with Gasteiger partial charge in [0, 0.05) is 11.6 Å². The van der Waals surface area contributed by atoms with E-state index in [1.807, 2.05) is 24.3 Å². The Kier molecular flexibility index (Phi) is 6.22. The van der Waals surface area contributed by atoms with Gasteiger partial charge in [0.2, 0.25) is 5.91 Å². The Bertz CT molecular complexity index is 453.